The Hall–Kier alpha value is -3.14. The molecule has 0 aromatic heterocycles. The Morgan fingerprint density at radius 2 is 1.95 bits per heavy atom. The Kier molecular flexibility index (Phi) is 10.6. The van der Waals surface area contributed by atoms with Crippen LogP contribution in [-0.4, -0.2) is 84.4 Å². The predicted octanol–water partition coefficient (Wildman–Crippen LogP) is 2.23. The Bertz CT molecular complexity index is 1080. The van der Waals surface area contributed by atoms with Gasteiger partial charge in [-0.1, -0.05) is 30.3 Å². The van der Waals surface area contributed by atoms with Gasteiger partial charge >= 0.3 is 0 Å². The van der Waals surface area contributed by atoms with E-state index in [2.05, 4.69) is 10.6 Å². The fraction of sp³-hybridized carbons (Fsp3) is 0.533. The third kappa shape index (κ3) is 8.17. The maximum atomic E-state index is 13.1. The summed E-state index contributed by atoms with van der Waals surface area (Å²) in [5, 5.41) is 25.2. The van der Waals surface area contributed by atoms with E-state index in [0.29, 0.717) is 39.2 Å². The Morgan fingerprint density at radius 3 is 2.72 bits per heavy atom. The van der Waals surface area contributed by atoms with Crippen LogP contribution in [0.25, 0.3) is 0 Å². The number of amides is 2. The smallest absolute Gasteiger partial charge is 0.236 e. The van der Waals surface area contributed by atoms with Crippen molar-refractivity contribution >= 4 is 17.5 Å². The minimum absolute atomic E-state index is 0.0718. The molecule has 2 amide bonds. The zero-order valence-corrected chi connectivity index (χ0v) is 22.8. The molecule has 39 heavy (non-hydrogen) atoms. The molecule has 1 saturated heterocycles. The van der Waals surface area contributed by atoms with Crippen LogP contribution in [-0.2, 0) is 22.7 Å². The third-order valence-corrected chi connectivity index (χ3v) is 7.81. The van der Waals surface area contributed by atoms with Crippen LogP contribution < -0.4 is 15.4 Å². The second-order valence-electron chi connectivity index (χ2n) is 10.7. The largest absolute Gasteiger partial charge is 0.493 e. The monoisotopic (exact) mass is 538 g/mol. The number of nitrogens with zero attached hydrogens (tertiary/aromatic N) is 2. The average Bonchev–Trinajstić information content (AvgIpc) is 2.96. The first-order valence-corrected chi connectivity index (χ1v) is 14.0. The van der Waals surface area contributed by atoms with Gasteiger partial charge in [0, 0.05) is 50.9 Å². The first-order chi connectivity index (χ1) is 19.0. The standard InChI is InChI=1S/C30H42N4O5/c1-33(18-22-6-3-2-4-7-22)29(37)15-23-11-12-34-19-24(23)8-5-13-39-28-10-9-26(32-27(20-35)21-36)14-25(28)16-31-17-30(34)38/h2-4,6-7,9-10,14,23-24,27,31-32,35-36H,5,8,11-13,15-21H2,1H3/t23-,24-/m0/s1. The number of benzene rings is 2. The van der Waals surface area contributed by atoms with Gasteiger partial charge in [-0.05, 0) is 54.9 Å². The Labute approximate surface area is 231 Å². The van der Waals surface area contributed by atoms with E-state index in [4.69, 9.17) is 4.74 Å². The molecule has 2 aliphatic rings. The lowest BCUT2D eigenvalue weighted by atomic mass is 9.80. The van der Waals surface area contributed by atoms with E-state index in [1.165, 1.54) is 0 Å². The van der Waals surface area contributed by atoms with Gasteiger partial charge in [-0.25, -0.2) is 0 Å². The van der Waals surface area contributed by atoms with Gasteiger partial charge in [-0.3, -0.25) is 9.59 Å². The number of carbonyl (C=O) groups is 2. The molecule has 2 heterocycles. The molecule has 0 spiro atoms. The molecule has 2 aliphatic heterocycles. The molecule has 1 fully saturated rings. The van der Waals surface area contributed by atoms with E-state index in [9.17, 15) is 19.8 Å². The van der Waals surface area contributed by atoms with Crippen molar-refractivity contribution < 1.29 is 24.5 Å². The van der Waals surface area contributed by atoms with Crippen LogP contribution in [0, 0.1) is 11.8 Å². The fourth-order valence-corrected chi connectivity index (χ4v) is 5.51. The van der Waals surface area contributed by atoms with Crippen molar-refractivity contribution in [3.8, 4) is 5.75 Å². The molecule has 9 nitrogen and oxygen atoms in total. The Balaban J connectivity index is 1.40. The zero-order chi connectivity index (χ0) is 27.6. The van der Waals surface area contributed by atoms with Crippen molar-refractivity contribution in [1.82, 2.24) is 15.1 Å². The molecular formula is C30H42N4O5. The summed E-state index contributed by atoms with van der Waals surface area (Å²) in [6.07, 6.45) is 3.05. The van der Waals surface area contributed by atoms with Crippen LogP contribution in [0.1, 0.15) is 36.8 Å². The molecule has 2 atom stereocenters. The maximum Gasteiger partial charge on any atom is 0.236 e. The van der Waals surface area contributed by atoms with E-state index < -0.39 is 6.04 Å². The van der Waals surface area contributed by atoms with Gasteiger partial charge in [0.05, 0.1) is 32.4 Å². The van der Waals surface area contributed by atoms with Gasteiger partial charge in [0.1, 0.15) is 5.75 Å². The van der Waals surface area contributed by atoms with E-state index in [1.807, 2.05) is 65.4 Å². The number of anilines is 1. The summed E-state index contributed by atoms with van der Waals surface area (Å²) in [7, 11) is 1.87. The van der Waals surface area contributed by atoms with Gasteiger partial charge in [-0.2, -0.15) is 0 Å². The summed E-state index contributed by atoms with van der Waals surface area (Å²) >= 11 is 0. The Morgan fingerprint density at radius 1 is 1.15 bits per heavy atom. The van der Waals surface area contributed by atoms with Crippen LogP contribution in [0.5, 0.6) is 5.75 Å². The lowest BCUT2D eigenvalue weighted by molar-refractivity contribution is -0.135. The second-order valence-corrected chi connectivity index (χ2v) is 10.7. The summed E-state index contributed by atoms with van der Waals surface area (Å²) in [4.78, 5) is 29.9. The number of nitrogens with one attached hydrogen (secondary N) is 2. The number of hydrogen-bond donors (Lipinski definition) is 4. The number of fused-ring (bicyclic) bond motifs is 3. The molecule has 9 heteroatoms. The molecule has 4 N–H and O–H groups in total. The van der Waals surface area contributed by atoms with Crippen molar-refractivity contribution in [2.75, 3.05) is 51.8 Å². The second kappa shape index (κ2) is 14.3. The summed E-state index contributed by atoms with van der Waals surface area (Å²) in [5.74, 6) is 1.46. The van der Waals surface area contributed by atoms with Crippen molar-refractivity contribution in [2.24, 2.45) is 11.8 Å². The fourth-order valence-electron chi connectivity index (χ4n) is 5.51. The van der Waals surface area contributed by atoms with Crippen molar-refractivity contribution in [2.45, 2.75) is 44.8 Å². The quantitative estimate of drug-likeness (QED) is 0.408. The lowest BCUT2D eigenvalue weighted by Crippen LogP contribution is -2.47. The third-order valence-electron chi connectivity index (χ3n) is 7.81. The zero-order valence-electron chi connectivity index (χ0n) is 22.8. The van der Waals surface area contributed by atoms with E-state index >= 15 is 0 Å². The summed E-state index contributed by atoms with van der Waals surface area (Å²) in [5.41, 5.74) is 2.79. The summed E-state index contributed by atoms with van der Waals surface area (Å²) in [6.45, 7) is 2.82. The van der Waals surface area contributed by atoms with Crippen LogP contribution in [0.3, 0.4) is 0 Å². The number of hydrogen-bond acceptors (Lipinski definition) is 7. The average molecular weight is 539 g/mol. The van der Waals surface area contributed by atoms with Gasteiger partial charge in [-0.15, -0.1) is 0 Å². The lowest BCUT2D eigenvalue weighted by Gasteiger charge is -2.39. The molecule has 0 unspecified atom stereocenters. The normalized spacial score (nSPS) is 20.2. The highest BCUT2D eigenvalue weighted by molar-refractivity contribution is 5.79. The molecular weight excluding hydrogens is 496 g/mol. The first kappa shape index (κ1) is 28.9. The minimum Gasteiger partial charge on any atom is -0.493 e. The van der Waals surface area contributed by atoms with Gasteiger partial charge in [0.15, 0.2) is 0 Å². The molecule has 0 aliphatic carbocycles. The van der Waals surface area contributed by atoms with E-state index in [-0.39, 0.29) is 43.4 Å². The number of aliphatic hydroxyl groups excluding tert-OH is 2. The molecule has 2 aromatic rings. The number of aliphatic hydroxyl groups is 2. The molecule has 2 bridgehead atoms. The molecule has 0 radical (unpaired) electrons. The van der Waals surface area contributed by atoms with Gasteiger partial charge in [0.2, 0.25) is 11.8 Å². The van der Waals surface area contributed by atoms with Crippen LogP contribution in [0.2, 0.25) is 0 Å². The van der Waals surface area contributed by atoms with Crippen molar-refractivity contribution in [3.05, 3.63) is 59.7 Å². The summed E-state index contributed by atoms with van der Waals surface area (Å²) < 4.78 is 6.16. The molecule has 212 valence electrons. The SMILES string of the molecule is CN(Cc1ccccc1)C(=O)C[C@@H]1CCN2C[C@@H]1CCCOc1ccc(NC(CO)CO)cc1CNCC2=O. The highest BCUT2D eigenvalue weighted by Crippen LogP contribution is 2.32. The van der Waals surface area contributed by atoms with Crippen molar-refractivity contribution in [1.29, 1.82) is 0 Å². The summed E-state index contributed by atoms with van der Waals surface area (Å²) in [6, 6.07) is 15.3. The van der Waals surface area contributed by atoms with Crippen LogP contribution >= 0.6 is 0 Å². The van der Waals surface area contributed by atoms with Crippen molar-refractivity contribution in [3.63, 3.8) is 0 Å². The van der Waals surface area contributed by atoms with Crippen LogP contribution in [0.15, 0.2) is 48.5 Å². The van der Waals surface area contributed by atoms with E-state index in [0.717, 1.165) is 41.8 Å². The molecule has 0 saturated carbocycles. The molecule has 2 aromatic carbocycles. The number of piperidine rings is 1. The highest BCUT2D eigenvalue weighted by Gasteiger charge is 2.33. The number of carbonyl (C=O) groups excluding carboxylic acids is 2. The van der Waals surface area contributed by atoms with Gasteiger partial charge in [0.25, 0.3) is 0 Å². The first-order valence-electron chi connectivity index (χ1n) is 14.0. The van der Waals surface area contributed by atoms with Crippen LogP contribution in [0.4, 0.5) is 5.69 Å². The molecule has 4 rings (SSSR count). The van der Waals surface area contributed by atoms with E-state index in [1.54, 1.807) is 0 Å². The van der Waals surface area contributed by atoms with Gasteiger partial charge < -0.3 is 35.4 Å². The predicted molar refractivity (Wildman–Crippen MR) is 150 cm³/mol. The minimum atomic E-state index is -0.446. The number of rotatable bonds is 8. The maximum absolute atomic E-state index is 13.1. The topological polar surface area (TPSA) is 114 Å². The highest BCUT2D eigenvalue weighted by atomic mass is 16.5. The number of ether oxygens (including phenoxy) is 1.